The van der Waals surface area contributed by atoms with E-state index in [9.17, 15) is 50.8 Å². The Morgan fingerprint density at radius 2 is 1.36 bits per heavy atom. The number of aliphatic hydroxyl groups is 8. The molecule has 19 unspecified atom stereocenters. The molecule has 2 aliphatic heterocycles. The number of hydrogen-bond donors (Lipinski definition) is 9. The van der Waals surface area contributed by atoms with E-state index in [0.29, 0.717) is 19.3 Å². The van der Waals surface area contributed by atoms with Gasteiger partial charge in [-0.05, 0) is 104 Å². The van der Waals surface area contributed by atoms with Crippen LogP contribution in [0.2, 0.25) is 0 Å². The second-order valence-electron chi connectivity index (χ2n) is 20.5. The molecular weight excluding hydrogens is 728 g/mol. The first-order valence-electron chi connectivity index (χ1n) is 21.0. The number of carboxylic acid groups (broad SMARTS) is 1. The van der Waals surface area contributed by atoms with Crippen molar-refractivity contribution in [2.45, 2.75) is 173 Å². The van der Waals surface area contributed by atoms with E-state index in [0.717, 1.165) is 44.9 Å². The van der Waals surface area contributed by atoms with Crippen LogP contribution < -0.4 is 0 Å². The Labute approximate surface area is 330 Å². The molecule has 14 nitrogen and oxygen atoms in total. The van der Waals surface area contributed by atoms with Gasteiger partial charge in [0, 0.05) is 5.41 Å². The minimum absolute atomic E-state index is 0.00269. The molecule has 19 atom stereocenters. The fourth-order valence-electron chi connectivity index (χ4n) is 13.7. The maximum absolute atomic E-state index is 13.1. The summed E-state index contributed by atoms with van der Waals surface area (Å²) >= 11 is 0. The molecule has 0 bridgehead atoms. The molecular formula is C42H68O14. The molecule has 5 aliphatic carbocycles. The number of ether oxygens (including phenoxy) is 4. The van der Waals surface area contributed by atoms with Gasteiger partial charge in [-0.25, -0.2) is 0 Å². The van der Waals surface area contributed by atoms with Crippen molar-refractivity contribution in [1.82, 2.24) is 0 Å². The zero-order valence-electron chi connectivity index (χ0n) is 33.9. The zero-order chi connectivity index (χ0) is 41.0. The quantitative estimate of drug-likeness (QED) is 0.126. The van der Waals surface area contributed by atoms with E-state index in [1.807, 2.05) is 6.92 Å². The van der Waals surface area contributed by atoms with E-state index < -0.39 is 97.5 Å². The Balaban J connectivity index is 1.17. The molecule has 56 heavy (non-hydrogen) atoms. The molecule has 6 fully saturated rings. The van der Waals surface area contributed by atoms with E-state index >= 15 is 0 Å². The van der Waals surface area contributed by atoms with Crippen molar-refractivity contribution in [3.8, 4) is 0 Å². The molecule has 0 aromatic rings. The Kier molecular flexibility index (Phi) is 11.3. The van der Waals surface area contributed by atoms with Gasteiger partial charge in [-0.3, -0.25) is 4.79 Å². The minimum atomic E-state index is -1.79. The smallest absolute Gasteiger partial charge is 0.310 e. The van der Waals surface area contributed by atoms with Crippen LogP contribution in [0.1, 0.15) is 106 Å². The van der Waals surface area contributed by atoms with Gasteiger partial charge in [0.25, 0.3) is 0 Å². The fraction of sp³-hybridized carbons (Fsp3) is 0.929. The number of hydrogen-bond acceptors (Lipinski definition) is 13. The third-order valence-corrected chi connectivity index (χ3v) is 17.4. The summed E-state index contributed by atoms with van der Waals surface area (Å²) in [5.74, 6) is -0.394. The van der Waals surface area contributed by atoms with Crippen molar-refractivity contribution in [1.29, 1.82) is 0 Å². The first-order valence-corrected chi connectivity index (χ1v) is 21.0. The number of aliphatic hydroxyl groups excluding tert-OH is 8. The number of carboxylic acids is 1. The number of fused-ring (bicyclic) bond motifs is 7. The highest BCUT2D eigenvalue weighted by atomic mass is 16.8. The zero-order valence-corrected chi connectivity index (χ0v) is 33.9. The summed E-state index contributed by atoms with van der Waals surface area (Å²) < 4.78 is 24.3. The van der Waals surface area contributed by atoms with Gasteiger partial charge in [0.05, 0.1) is 31.3 Å². The highest BCUT2D eigenvalue weighted by molar-refractivity contribution is 5.76. The fourth-order valence-corrected chi connectivity index (χ4v) is 13.7. The van der Waals surface area contributed by atoms with Gasteiger partial charge in [0.1, 0.15) is 48.8 Å². The van der Waals surface area contributed by atoms with Crippen LogP contribution in [0.25, 0.3) is 0 Å². The Morgan fingerprint density at radius 3 is 1.98 bits per heavy atom. The van der Waals surface area contributed by atoms with Gasteiger partial charge >= 0.3 is 5.97 Å². The second-order valence-corrected chi connectivity index (χ2v) is 20.5. The lowest BCUT2D eigenvalue weighted by Gasteiger charge is -2.71. The van der Waals surface area contributed by atoms with E-state index in [2.05, 4.69) is 40.7 Å². The molecule has 14 heteroatoms. The Bertz CT molecular complexity index is 1500. The maximum atomic E-state index is 13.1. The first-order chi connectivity index (χ1) is 26.2. The molecule has 4 saturated carbocycles. The van der Waals surface area contributed by atoms with Crippen LogP contribution in [-0.4, -0.2) is 139 Å². The Hall–Kier alpha value is -1.27. The monoisotopic (exact) mass is 796 g/mol. The van der Waals surface area contributed by atoms with E-state index in [4.69, 9.17) is 18.9 Å². The molecule has 9 N–H and O–H groups in total. The molecule has 0 aromatic heterocycles. The van der Waals surface area contributed by atoms with Crippen molar-refractivity contribution in [2.75, 3.05) is 19.8 Å². The van der Waals surface area contributed by atoms with Crippen LogP contribution in [0.4, 0.5) is 0 Å². The molecule has 2 heterocycles. The minimum Gasteiger partial charge on any atom is -0.481 e. The lowest BCUT2D eigenvalue weighted by Crippen LogP contribution is -2.67. The molecule has 320 valence electrons. The summed E-state index contributed by atoms with van der Waals surface area (Å²) in [6.07, 6.45) is -6.00. The van der Waals surface area contributed by atoms with Gasteiger partial charge in [0.15, 0.2) is 12.6 Å². The van der Waals surface area contributed by atoms with Crippen LogP contribution >= 0.6 is 0 Å². The van der Waals surface area contributed by atoms with Gasteiger partial charge in [0.2, 0.25) is 0 Å². The van der Waals surface area contributed by atoms with Crippen molar-refractivity contribution in [2.24, 2.45) is 50.2 Å². The maximum Gasteiger partial charge on any atom is 0.310 e. The van der Waals surface area contributed by atoms with Crippen molar-refractivity contribution >= 4 is 5.97 Å². The molecule has 7 aliphatic rings. The number of allylic oxidation sites excluding steroid dienone is 2. The molecule has 7 rings (SSSR count). The van der Waals surface area contributed by atoms with Crippen molar-refractivity contribution in [3.63, 3.8) is 0 Å². The number of carbonyl (C=O) groups is 1. The summed E-state index contributed by atoms with van der Waals surface area (Å²) in [6, 6.07) is 0. The highest BCUT2D eigenvalue weighted by Crippen LogP contribution is 2.76. The number of rotatable bonds is 8. The average Bonchev–Trinajstić information content (AvgIpc) is 3.15. The van der Waals surface area contributed by atoms with Gasteiger partial charge in [-0.2, -0.15) is 0 Å². The topological polar surface area (TPSA) is 236 Å². The molecule has 0 amide bonds. The molecule has 2 saturated heterocycles. The molecule has 0 radical (unpaired) electrons. The van der Waals surface area contributed by atoms with Crippen molar-refractivity contribution in [3.05, 3.63) is 11.6 Å². The third-order valence-electron chi connectivity index (χ3n) is 17.4. The van der Waals surface area contributed by atoms with E-state index in [1.165, 1.54) is 5.57 Å². The average molecular weight is 797 g/mol. The second kappa shape index (κ2) is 14.7. The van der Waals surface area contributed by atoms with Crippen LogP contribution in [0.15, 0.2) is 11.6 Å². The lowest BCUT2D eigenvalue weighted by atomic mass is 9.33. The predicted molar refractivity (Wildman–Crippen MR) is 199 cm³/mol. The van der Waals surface area contributed by atoms with Crippen LogP contribution in [0.5, 0.6) is 0 Å². The normalized spacial score (nSPS) is 54.1. The van der Waals surface area contributed by atoms with Crippen molar-refractivity contribution < 1.29 is 69.7 Å². The third kappa shape index (κ3) is 6.21. The van der Waals surface area contributed by atoms with Crippen LogP contribution in [0, 0.1) is 50.2 Å². The summed E-state index contributed by atoms with van der Waals surface area (Å²) in [6.45, 7) is 12.2. The van der Waals surface area contributed by atoms with Gasteiger partial charge < -0.3 is 64.9 Å². The predicted octanol–water partition coefficient (Wildman–Crippen LogP) is 1.85. The van der Waals surface area contributed by atoms with Crippen LogP contribution in [-0.2, 0) is 23.7 Å². The summed E-state index contributed by atoms with van der Waals surface area (Å²) in [4.78, 5) is 13.1. The van der Waals surface area contributed by atoms with E-state index in [-0.39, 0.29) is 46.0 Å². The summed E-state index contributed by atoms with van der Waals surface area (Å²) in [7, 11) is 0. The highest BCUT2D eigenvalue weighted by Gasteiger charge is 2.70. The number of aliphatic carboxylic acids is 1. The van der Waals surface area contributed by atoms with Crippen LogP contribution in [0.3, 0.4) is 0 Å². The largest absolute Gasteiger partial charge is 0.481 e. The van der Waals surface area contributed by atoms with Gasteiger partial charge in [-0.1, -0.05) is 53.2 Å². The summed E-state index contributed by atoms with van der Waals surface area (Å²) in [5, 5.41) is 95.5. The molecule has 0 spiro atoms. The summed E-state index contributed by atoms with van der Waals surface area (Å²) in [5.41, 5.74) is -0.607. The first kappa shape index (κ1) is 42.8. The van der Waals surface area contributed by atoms with E-state index in [1.54, 1.807) is 0 Å². The lowest BCUT2D eigenvalue weighted by molar-refractivity contribution is -0.379. The SMILES string of the molecule is CC1(C)CCC2(C(=O)O)CCC3(C)C(=CCC4C5(C)CCC(OC6OC(CO)C(O)C(O)C6OC6OC(CO)C(O)C(O)C6O)C(C)(CO)C5CCC43C)C2C1. The standard InChI is InChI=1S/C42H68O14/c1-37(2)13-15-42(36(51)52)16-14-40(5)21(22(42)17-37)7-8-26-38(3)11-10-27(39(4,20-45)25(38)9-12-41(26,40)6)55-35-33(31(49)29(47)24(19-44)54-35)56-34-32(50)30(48)28(46)23(18-43)53-34/h7,22-35,43-50H,8-20H2,1-6H3,(H,51,52). The molecule has 0 aromatic carbocycles. The van der Waals surface area contributed by atoms with Gasteiger partial charge in [-0.15, -0.1) is 0 Å². The Morgan fingerprint density at radius 1 is 0.732 bits per heavy atom.